The standard InChI is InChI=1S/C20H18F2O4/c1-13-3-8-16(9-4-13)19(24)14(2)25-18(23)12-7-15-5-10-17(11-6-15)26-20(21)22/h3-12,14,20H,1-2H3/b12-7+/t14-/m0/s1. The predicted molar refractivity (Wildman–Crippen MR) is 93.2 cm³/mol. The van der Waals surface area contributed by atoms with E-state index in [-0.39, 0.29) is 11.5 Å². The normalized spacial score (nSPS) is 12.2. The SMILES string of the molecule is Cc1ccc(C(=O)[C@H](C)OC(=O)/C=C/c2ccc(OC(F)F)cc2)cc1. The van der Waals surface area contributed by atoms with Crippen molar-refractivity contribution in [2.75, 3.05) is 0 Å². The number of Topliss-reactive ketones (excluding diaryl/α,β-unsaturated/α-hetero) is 1. The molecule has 2 aromatic rings. The summed E-state index contributed by atoms with van der Waals surface area (Å²) in [6.07, 6.45) is 1.70. The molecule has 4 nitrogen and oxygen atoms in total. The van der Waals surface area contributed by atoms with Crippen LogP contribution in [-0.2, 0) is 9.53 Å². The first-order valence-electron chi connectivity index (χ1n) is 7.89. The third-order valence-corrected chi connectivity index (χ3v) is 3.52. The molecule has 26 heavy (non-hydrogen) atoms. The average molecular weight is 360 g/mol. The van der Waals surface area contributed by atoms with Crippen LogP contribution in [0.4, 0.5) is 8.78 Å². The summed E-state index contributed by atoms with van der Waals surface area (Å²) in [6, 6.07) is 12.7. The molecular weight excluding hydrogens is 342 g/mol. The van der Waals surface area contributed by atoms with Gasteiger partial charge in [-0.05, 0) is 37.6 Å². The van der Waals surface area contributed by atoms with E-state index in [0.717, 1.165) is 5.56 Å². The molecule has 2 aromatic carbocycles. The number of halogens is 2. The fourth-order valence-corrected chi connectivity index (χ4v) is 2.14. The van der Waals surface area contributed by atoms with Crippen LogP contribution in [0.5, 0.6) is 5.75 Å². The molecule has 0 fully saturated rings. The molecule has 0 bridgehead atoms. The zero-order chi connectivity index (χ0) is 19.1. The minimum Gasteiger partial charge on any atom is -0.451 e. The number of carbonyl (C=O) groups excluding carboxylic acids is 2. The maximum absolute atomic E-state index is 12.2. The Balaban J connectivity index is 1.91. The van der Waals surface area contributed by atoms with Gasteiger partial charge in [-0.15, -0.1) is 0 Å². The van der Waals surface area contributed by atoms with Gasteiger partial charge in [0.15, 0.2) is 6.10 Å². The van der Waals surface area contributed by atoms with Crippen molar-refractivity contribution >= 4 is 17.8 Å². The van der Waals surface area contributed by atoms with Crippen molar-refractivity contribution in [2.24, 2.45) is 0 Å². The monoisotopic (exact) mass is 360 g/mol. The summed E-state index contributed by atoms with van der Waals surface area (Å²) < 4.78 is 33.5. The lowest BCUT2D eigenvalue weighted by Gasteiger charge is -2.11. The fraction of sp³-hybridized carbons (Fsp3) is 0.200. The zero-order valence-corrected chi connectivity index (χ0v) is 14.3. The molecule has 2 rings (SSSR count). The second-order valence-electron chi connectivity index (χ2n) is 5.59. The lowest BCUT2D eigenvalue weighted by atomic mass is 10.1. The number of alkyl halides is 2. The first-order chi connectivity index (χ1) is 12.3. The van der Waals surface area contributed by atoms with E-state index in [4.69, 9.17) is 4.74 Å². The van der Waals surface area contributed by atoms with Crippen LogP contribution in [0, 0.1) is 6.92 Å². The maximum Gasteiger partial charge on any atom is 0.387 e. The van der Waals surface area contributed by atoms with Crippen LogP contribution < -0.4 is 4.74 Å². The Morgan fingerprint density at radius 2 is 1.62 bits per heavy atom. The number of ketones is 1. The van der Waals surface area contributed by atoms with Crippen molar-refractivity contribution in [3.05, 3.63) is 71.3 Å². The molecule has 0 radical (unpaired) electrons. The summed E-state index contributed by atoms with van der Waals surface area (Å²) >= 11 is 0. The summed E-state index contributed by atoms with van der Waals surface area (Å²) in [6.45, 7) is 0.526. The highest BCUT2D eigenvalue weighted by Gasteiger charge is 2.18. The van der Waals surface area contributed by atoms with Gasteiger partial charge in [0.25, 0.3) is 0 Å². The Morgan fingerprint density at radius 1 is 1.00 bits per heavy atom. The van der Waals surface area contributed by atoms with E-state index in [1.54, 1.807) is 12.1 Å². The van der Waals surface area contributed by atoms with Crippen molar-refractivity contribution in [2.45, 2.75) is 26.6 Å². The molecule has 0 saturated carbocycles. The molecule has 0 aliphatic heterocycles. The van der Waals surface area contributed by atoms with Crippen LogP contribution in [0.2, 0.25) is 0 Å². The molecule has 1 atom stereocenters. The van der Waals surface area contributed by atoms with Gasteiger partial charge < -0.3 is 9.47 Å². The zero-order valence-electron chi connectivity index (χ0n) is 14.3. The predicted octanol–water partition coefficient (Wildman–Crippen LogP) is 4.42. The Bertz CT molecular complexity index is 780. The Hall–Kier alpha value is -3.02. The quantitative estimate of drug-likeness (QED) is 0.417. The molecule has 0 N–H and O–H groups in total. The van der Waals surface area contributed by atoms with E-state index in [2.05, 4.69) is 4.74 Å². The van der Waals surface area contributed by atoms with Crippen LogP contribution in [0.1, 0.15) is 28.4 Å². The minimum atomic E-state index is -2.89. The maximum atomic E-state index is 12.2. The topological polar surface area (TPSA) is 52.6 Å². The van der Waals surface area contributed by atoms with Gasteiger partial charge in [0.05, 0.1) is 0 Å². The van der Waals surface area contributed by atoms with Crippen molar-refractivity contribution in [3.8, 4) is 5.75 Å². The van der Waals surface area contributed by atoms with Crippen molar-refractivity contribution in [3.63, 3.8) is 0 Å². The van der Waals surface area contributed by atoms with Gasteiger partial charge in [0.2, 0.25) is 5.78 Å². The smallest absolute Gasteiger partial charge is 0.387 e. The van der Waals surface area contributed by atoms with E-state index < -0.39 is 18.7 Å². The number of hydrogen-bond donors (Lipinski definition) is 0. The molecule has 0 aliphatic carbocycles. The largest absolute Gasteiger partial charge is 0.451 e. The molecule has 136 valence electrons. The van der Waals surface area contributed by atoms with Gasteiger partial charge in [0, 0.05) is 11.6 Å². The third-order valence-electron chi connectivity index (χ3n) is 3.52. The molecule has 0 saturated heterocycles. The van der Waals surface area contributed by atoms with Gasteiger partial charge >= 0.3 is 12.6 Å². The van der Waals surface area contributed by atoms with Crippen LogP contribution in [-0.4, -0.2) is 24.5 Å². The third kappa shape index (κ3) is 5.81. The second-order valence-corrected chi connectivity index (χ2v) is 5.59. The average Bonchev–Trinajstić information content (AvgIpc) is 2.60. The Kier molecular flexibility index (Phi) is 6.60. The van der Waals surface area contributed by atoms with Gasteiger partial charge in [-0.3, -0.25) is 4.79 Å². The number of ether oxygens (including phenoxy) is 2. The van der Waals surface area contributed by atoms with Gasteiger partial charge in [-0.2, -0.15) is 8.78 Å². The molecule has 6 heteroatoms. The highest BCUT2D eigenvalue weighted by Crippen LogP contribution is 2.16. The fourth-order valence-electron chi connectivity index (χ4n) is 2.14. The summed E-state index contributed by atoms with van der Waals surface area (Å²) in [5, 5.41) is 0. The van der Waals surface area contributed by atoms with Gasteiger partial charge in [-0.25, -0.2) is 4.79 Å². The van der Waals surface area contributed by atoms with Crippen LogP contribution in [0.25, 0.3) is 6.08 Å². The number of rotatable bonds is 7. The summed E-state index contributed by atoms with van der Waals surface area (Å²) in [4.78, 5) is 24.1. The van der Waals surface area contributed by atoms with Crippen molar-refractivity contribution in [1.82, 2.24) is 0 Å². The highest BCUT2D eigenvalue weighted by atomic mass is 19.3. The molecular formula is C20H18F2O4. The number of benzene rings is 2. The van der Waals surface area contributed by atoms with Crippen LogP contribution in [0.3, 0.4) is 0 Å². The molecule has 0 aliphatic rings. The van der Waals surface area contributed by atoms with Crippen molar-refractivity contribution < 1.29 is 27.8 Å². The van der Waals surface area contributed by atoms with Gasteiger partial charge in [0.1, 0.15) is 5.75 Å². The number of esters is 1. The second kappa shape index (κ2) is 8.89. The van der Waals surface area contributed by atoms with Crippen molar-refractivity contribution in [1.29, 1.82) is 0 Å². The lowest BCUT2D eigenvalue weighted by Crippen LogP contribution is -2.23. The highest BCUT2D eigenvalue weighted by molar-refractivity contribution is 6.01. The van der Waals surface area contributed by atoms with Crippen LogP contribution in [0.15, 0.2) is 54.6 Å². The molecule has 0 heterocycles. The number of hydrogen-bond acceptors (Lipinski definition) is 4. The van der Waals surface area contributed by atoms with E-state index in [1.807, 2.05) is 19.1 Å². The van der Waals surface area contributed by atoms with Gasteiger partial charge in [-0.1, -0.05) is 42.0 Å². The lowest BCUT2D eigenvalue weighted by molar-refractivity contribution is -0.140. The van der Waals surface area contributed by atoms with E-state index in [9.17, 15) is 18.4 Å². The summed E-state index contributed by atoms with van der Waals surface area (Å²) in [5.41, 5.74) is 2.09. The first kappa shape index (κ1) is 19.3. The Morgan fingerprint density at radius 3 is 2.19 bits per heavy atom. The van der Waals surface area contributed by atoms with E-state index >= 15 is 0 Å². The summed E-state index contributed by atoms with van der Waals surface area (Å²) in [5.74, 6) is -0.942. The molecule has 0 aromatic heterocycles. The molecule has 0 unspecified atom stereocenters. The van der Waals surface area contributed by atoms with Crippen LogP contribution >= 0.6 is 0 Å². The van der Waals surface area contributed by atoms with E-state index in [0.29, 0.717) is 11.1 Å². The van der Waals surface area contributed by atoms with E-state index in [1.165, 1.54) is 43.3 Å². The first-order valence-corrected chi connectivity index (χ1v) is 7.89. The number of aryl methyl sites for hydroxylation is 1. The molecule has 0 spiro atoms. The molecule has 0 amide bonds. The summed E-state index contributed by atoms with van der Waals surface area (Å²) in [7, 11) is 0. The number of carbonyl (C=O) groups is 2. The minimum absolute atomic E-state index is 0.0250. The Labute approximate surface area is 150 Å².